The highest BCUT2D eigenvalue weighted by molar-refractivity contribution is 6.01. The van der Waals surface area contributed by atoms with Crippen LogP contribution in [0.4, 0.5) is 5.82 Å². The number of amides is 2. The molecular weight excluding hydrogens is 308 g/mol. The Morgan fingerprint density at radius 2 is 2.12 bits per heavy atom. The molecule has 2 aliphatic heterocycles. The molecule has 0 saturated carbocycles. The number of hydrogen-bond acceptors (Lipinski definition) is 5. The Labute approximate surface area is 142 Å². The molecule has 2 amide bonds. The van der Waals surface area contributed by atoms with Crippen molar-refractivity contribution in [2.45, 2.75) is 25.7 Å². The van der Waals surface area contributed by atoms with Crippen LogP contribution < -0.4 is 15.0 Å². The first-order valence-corrected chi connectivity index (χ1v) is 8.61. The molecule has 7 nitrogen and oxygen atoms in total. The summed E-state index contributed by atoms with van der Waals surface area (Å²) < 4.78 is 5.32. The number of pyridine rings is 1. The van der Waals surface area contributed by atoms with Crippen molar-refractivity contribution in [3.05, 3.63) is 18.3 Å². The Morgan fingerprint density at radius 1 is 1.29 bits per heavy atom. The van der Waals surface area contributed by atoms with Crippen molar-refractivity contribution in [1.29, 1.82) is 0 Å². The number of ether oxygens (including phenoxy) is 1. The third-order valence-electron chi connectivity index (χ3n) is 4.38. The molecule has 0 atom stereocenters. The van der Waals surface area contributed by atoms with Gasteiger partial charge < -0.3 is 15.0 Å². The second-order valence-corrected chi connectivity index (χ2v) is 6.20. The lowest BCUT2D eigenvalue weighted by atomic mass is 10.3. The second-order valence-electron chi connectivity index (χ2n) is 6.20. The molecular formula is C17H24N4O3. The second kappa shape index (κ2) is 8.10. The smallest absolute Gasteiger partial charge is 0.266 e. The molecule has 7 heteroatoms. The maximum absolute atomic E-state index is 12.1. The Kier molecular flexibility index (Phi) is 5.63. The van der Waals surface area contributed by atoms with Gasteiger partial charge in [-0.1, -0.05) is 0 Å². The molecule has 0 radical (unpaired) electrons. The van der Waals surface area contributed by atoms with Crippen molar-refractivity contribution in [1.82, 2.24) is 15.2 Å². The first-order chi connectivity index (χ1) is 11.7. The lowest BCUT2D eigenvalue weighted by Gasteiger charge is -2.27. The molecule has 130 valence electrons. The van der Waals surface area contributed by atoms with Gasteiger partial charge in [0.25, 0.3) is 5.91 Å². The number of likely N-dealkylation sites (tertiary alicyclic amines) is 1. The van der Waals surface area contributed by atoms with Gasteiger partial charge in [-0.05, 0) is 57.5 Å². The van der Waals surface area contributed by atoms with Gasteiger partial charge in [0.15, 0.2) is 18.2 Å². The van der Waals surface area contributed by atoms with Crippen molar-refractivity contribution in [2.24, 2.45) is 0 Å². The highest BCUT2D eigenvalue weighted by Crippen LogP contribution is 2.28. The highest BCUT2D eigenvalue weighted by Gasteiger charge is 2.28. The van der Waals surface area contributed by atoms with Crippen LogP contribution in [0.25, 0.3) is 0 Å². The number of nitrogens with zero attached hydrogens (tertiary/aromatic N) is 3. The Balaban J connectivity index is 1.40. The molecule has 2 aliphatic rings. The van der Waals surface area contributed by atoms with Gasteiger partial charge in [-0.25, -0.2) is 4.98 Å². The van der Waals surface area contributed by atoms with E-state index < -0.39 is 0 Å². The van der Waals surface area contributed by atoms with Gasteiger partial charge in [0, 0.05) is 12.7 Å². The molecule has 24 heavy (non-hydrogen) atoms. The number of carbonyl (C=O) groups is 2. The Hall–Kier alpha value is -2.15. The zero-order chi connectivity index (χ0) is 16.8. The fourth-order valence-corrected chi connectivity index (χ4v) is 3.09. The zero-order valence-corrected chi connectivity index (χ0v) is 13.9. The van der Waals surface area contributed by atoms with E-state index in [1.54, 1.807) is 18.3 Å². The molecule has 0 spiro atoms. The first-order valence-electron chi connectivity index (χ1n) is 8.61. The van der Waals surface area contributed by atoms with E-state index in [4.69, 9.17) is 4.74 Å². The van der Waals surface area contributed by atoms with E-state index in [-0.39, 0.29) is 25.0 Å². The summed E-state index contributed by atoms with van der Waals surface area (Å²) in [5.41, 5.74) is 0. The van der Waals surface area contributed by atoms with Gasteiger partial charge in [-0.15, -0.1) is 0 Å². The maximum atomic E-state index is 12.1. The molecule has 1 fully saturated rings. The van der Waals surface area contributed by atoms with E-state index in [2.05, 4.69) is 15.2 Å². The number of fused-ring (bicyclic) bond motifs is 1. The van der Waals surface area contributed by atoms with Crippen molar-refractivity contribution in [3.8, 4) is 5.75 Å². The van der Waals surface area contributed by atoms with Crippen LogP contribution in [0.2, 0.25) is 0 Å². The van der Waals surface area contributed by atoms with Gasteiger partial charge in [0.05, 0.1) is 0 Å². The molecule has 3 rings (SSSR count). The Bertz CT molecular complexity index is 587. The van der Waals surface area contributed by atoms with E-state index in [1.807, 2.05) is 0 Å². The summed E-state index contributed by atoms with van der Waals surface area (Å²) in [6, 6.07) is 3.49. The molecule has 1 saturated heterocycles. The molecule has 3 heterocycles. The van der Waals surface area contributed by atoms with Crippen LogP contribution in [0.1, 0.15) is 25.7 Å². The number of aromatic nitrogens is 1. The molecule has 1 N–H and O–H groups in total. The van der Waals surface area contributed by atoms with Crippen molar-refractivity contribution in [3.63, 3.8) is 0 Å². The summed E-state index contributed by atoms with van der Waals surface area (Å²) in [4.78, 5) is 32.1. The number of unbranched alkanes of at least 4 members (excludes halogenated alkanes) is 1. The molecule has 0 aliphatic carbocycles. The van der Waals surface area contributed by atoms with Gasteiger partial charge in [-0.3, -0.25) is 14.5 Å². The quantitative estimate of drug-likeness (QED) is 0.748. The van der Waals surface area contributed by atoms with Crippen molar-refractivity contribution in [2.75, 3.05) is 44.2 Å². The van der Waals surface area contributed by atoms with E-state index in [1.165, 1.54) is 30.8 Å². The first kappa shape index (κ1) is 16.7. The zero-order valence-electron chi connectivity index (χ0n) is 13.9. The van der Waals surface area contributed by atoms with E-state index in [9.17, 15) is 9.59 Å². The summed E-state index contributed by atoms with van der Waals surface area (Å²) in [6.07, 6.45) is 6.24. The number of carbonyl (C=O) groups excluding carboxylic acids is 2. The van der Waals surface area contributed by atoms with E-state index in [0.717, 1.165) is 19.4 Å². The van der Waals surface area contributed by atoms with Gasteiger partial charge >= 0.3 is 0 Å². The highest BCUT2D eigenvalue weighted by atomic mass is 16.5. The standard InChI is InChI=1S/C17H24N4O3/c22-15(18-7-1-2-9-20-10-3-4-11-20)12-21-16(23)13-24-14-6-5-8-19-17(14)21/h5-6,8H,1-4,7,9-13H2,(H,18,22). The molecule has 0 aromatic carbocycles. The predicted molar refractivity (Wildman–Crippen MR) is 90.0 cm³/mol. The van der Waals surface area contributed by atoms with Crippen LogP contribution in [0.3, 0.4) is 0 Å². The van der Waals surface area contributed by atoms with Gasteiger partial charge in [0.2, 0.25) is 5.91 Å². The number of rotatable bonds is 7. The SMILES string of the molecule is O=C(CN1C(=O)COc2cccnc21)NCCCCN1CCCC1. The molecule has 1 aromatic rings. The van der Waals surface area contributed by atoms with Crippen LogP contribution >= 0.6 is 0 Å². The topological polar surface area (TPSA) is 74.8 Å². The molecule has 0 unspecified atom stereocenters. The van der Waals surface area contributed by atoms with Gasteiger partial charge in [-0.2, -0.15) is 0 Å². The monoisotopic (exact) mass is 332 g/mol. The average molecular weight is 332 g/mol. The lowest BCUT2D eigenvalue weighted by molar-refractivity contribution is -0.125. The number of anilines is 1. The lowest BCUT2D eigenvalue weighted by Crippen LogP contribution is -2.45. The summed E-state index contributed by atoms with van der Waals surface area (Å²) in [7, 11) is 0. The van der Waals surface area contributed by atoms with Crippen molar-refractivity contribution < 1.29 is 14.3 Å². The maximum Gasteiger partial charge on any atom is 0.266 e. The number of hydrogen-bond donors (Lipinski definition) is 1. The van der Waals surface area contributed by atoms with E-state index in [0.29, 0.717) is 18.1 Å². The van der Waals surface area contributed by atoms with Crippen LogP contribution in [0, 0.1) is 0 Å². The summed E-state index contributed by atoms with van der Waals surface area (Å²) in [6.45, 7) is 4.09. The third kappa shape index (κ3) is 4.23. The van der Waals surface area contributed by atoms with Crippen molar-refractivity contribution >= 4 is 17.6 Å². The summed E-state index contributed by atoms with van der Waals surface area (Å²) in [5.74, 6) is 0.543. The third-order valence-corrected chi connectivity index (χ3v) is 4.38. The van der Waals surface area contributed by atoms with Gasteiger partial charge in [0.1, 0.15) is 6.54 Å². The van der Waals surface area contributed by atoms with E-state index >= 15 is 0 Å². The fourth-order valence-electron chi connectivity index (χ4n) is 3.09. The van der Waals surface area contributed by atoms with Crippen LogP contribution in [0.15, 0.2) is 18.3 Å². The average Bonchev–Trinajstić information content (AvgIpc) is 3.10. The van der Waals surface area contributed by atoms with Crippen LogP contribution in [0.5, 0.6) is 5.75 Å². The largest absolute Gasteiger partial charge is 0.480 e. The van der Waals surface area contributed by atoms with Crippen LogP contribution in [-0.4, -0.2) is 61.0 Å². The van der Waals surface area contributed by atoms with Crippen LogP contribution in [-0.2, 0) is 9.59 Å². The fraction of sp³-hybridized carbons (Fsp3) is 0.588. The normalized spacial score (nSPS) is 17.5. The summed E-state index contributed by atoms with van der Waals surface area (Å²) in [5, 5.41) is 2.89. The minimum Gasteiger partial charge on any atom is -0.480 e. The minimum atomic E-state index is -0.245. The molecule has 0 bridgehead atoms. The minimum absolute atomic E-state index is 0.0155. The molecule has 1 aromatic heterocycles. The summed E-state index contributed by atoms with van der Waals surface area (Å²) >= 11 is 0. The Morgan fingerprint density at radius 3 is 2.96 bits per heavy atom. The number of nitrogens with one attached hydrogen (secondary N) is 1. The predicted octanol–water partition coefficient (Wildman–Crippen LogP) is 0.799.